The summed E-state index contributed by atoms with van der Waals surface area (Å²) in [7, 11) is 0. The fourth-order valence-electron chi connectivity index (χ4n) is 1.59. The summed E-state index contributed by atoms with van der Waals surface area (Å²) in [5.41, 5.74) is 0.639. The summed E-state index contributed by atoms with van der Waals surface area (Å²) in [6, 6.07) is 4.72. The number of nitrogens with one attached hydrogen (secondary N) is 1. The normalized spacial score (nSPS) is 11.8. The molecule has 1 N–H and O–H groups in total. The number of aryl methyl sites for hydroxylation is 1. The molecule has 2 aromatic heterocycles. The molecule has 0 radical (unpaired) electrons. The van der Waals surface area contributed by atoms with E-state index in [0.29, 0.717) is 11.4 Å². The van der Waals surface area contributed by atoms with Crippen LogP contribution in [0, 0.1) is 6.92 Å². The van der Waals surface area contributed by atoms with Gasteiger partial charge in [0.2, 0.25) is 0 Å². The zero-order valence-corrected chi connectivity index (χ0v) is 12.2. The second kappa shape index (κ2) is 6.41. The lowest BCUT2D eigenvalue weighted by molar-refractivity contribution is -0.123. The third-order valence-corrected chi connectivity index (χ3v) is 3.05. The van der Waals surface area contributed by atoms with E-state index in [-0.39, 0.29) is 10.7 Å². The molecule has 1 atom stereocenters. The van der Waals surface area contributed by atoms with E-state index in [9.17, 15) is 9.59 Å². The summed E-state index contributed by atoms with van der Waals surface area (Å²) < 4.78 is 10.1. The molecule has 2 aromatic rings. The smallest absolute Gasteiger partial charge is 0.342 e. The van der Waals surface area contributed by atoms with Crippen LogP contribution in [0.25, 0.3) is 0 Å². The van der Waals surface area contributed by atoms with Gasteiger partial charge < -0.3 is 14.5 Å². The molecule has 2 rings (SSSR count). The second-order valence-corrected chi connectivity index (χ2v) is 4.63. The van der Waals surface area contributed by atoms with E-state index in [4.69, 9.17) is 20.8 Å². The van der Waals surface area contributed by atoms with Crippen LogP contribution in [0.2, 0.25) is 5.15 Å². The van der Waals surface area contributed by atoms with Crippen molar-refractivity contribution < 1.29 is 18.7 Å². The van der Waals surface area contributed by atoms with Crippen LogP contribution in [-0.2, 0) is 9.53 Å². The predicted octanol–water partition coefficient (Wildman–Crippen LogP) is 2.82. The maximum atomic E-state index is 12.0. The molecule has 0 aliphatic rings. The zero-order valence-electron chi connectivity index (χ0n) is 11.4. The fraction of sp³-hybridized carbons (Fsp3) is 0.214. The van der Waals surface area contributed by atoms with E-state index >= 15 is 0 Å². The second-order valence-electron chi connectivity index (χ2n) is 4.27. The molecule has 0 aliphatic heterocycles. The number of aromatic nitrogens is 1. The third kappa shape index (κ3) is 3.61. The van der Waals surface area contributed by atoms with E-state index in [0.717, 1.165) is 0 Å². The molecule has 0 aromatic carbocycles. The molecule has 2 heterocycles. The number of hydrogen-bond donors (Lipinski definition) is 1. The van der Waals surface area contributed by atoms with E-state index in [1.165, 1.54) is 25.5 Å². The molecule has 7 heteroatoms. The lowest BCUT2D eigenvalue weighted by Crippen LogP contribution is -2.30. The molecule has 1 amide bonds. The number of amides is 1. The van der Waals surface area contributed by atoms with E-state index < -0.39 is 18.0 Å². The summed E-state index contributed by atoms with van der Waals surface area (Å²) in [5, 5.41) is 2.70. The number of furan rings is 1. The Labute approximate surface area is 126 Å². The SMILES string of the molecule is Cc1occc1C(=O)O[C@H](C)C(=O)Nc1cccnc1Cl. The van der Waals surface area contributed by atoms with Gasteiger partial charge in [0.1, 0.15) is 11.3 Å². The highest BCUT2D eigenvalue weighted by molar-refractivity contribution is 6.32. The highest BCUT2D eigenvalue weighted by Gasteiger charge is 2.21. The Morgan fingerprint density at radius 2 is 2.19 bits per heavy atom. The number of hydrogen-bond acceptors (Lipinski definition) is 5. The lowest BCUT2D eigenvalue weighted by Gasteiger charge is -2.13. The van der Waals surface area contributed by atoms with Crippen molar-refractivity contribution in [3.8, 4) is 0 Å². The van der Waals surface area contributed by atoms with Crippen molar-refractivity contribution in [2.24, 2.45) is 0 Å². The Morgan fingerprint density at radius 1 is 1.43 bits per heavy atom. The van der Waals surface area contributed by atoms with Crippen LogP contribution in [0.3, 0.4) is 0 Å². The number of esters is 1. The van der Waals surface area contributed by atoms with Gasteiger partial charge in [-0.1, -0.05) is 11.6 Å². The minimum absolute atomic E-state index is 0.162. The van der Waals surface area contributed by atoms with Gasteiger partial charge in [-0.25, -0.2) is 9.78 Å². The van der Waals surface area contributed by atoms with E-state index in [2.05, 4.69) is 10.3 Å². The van der Waals surface area contributed by atoms with Crippen LogP contribution >= 0.6 is 11.6 Å². The molecule has 0 unspecified atom stereocenters. The van der Waals surface area contributed by atoms with Gasteiger partial charge in [0.05, 0.1) is 12.0 Å². The van der Waals surface area contributed by atoms with Gasteiger partial charge in [-0.2, -0.15) is 0 Å². The summed E-state index contributed by atoms with van der Waals surface area (Å²) in [6.45, 7) is 3.10. The topological polar surface area (TPSA) is 81.4 Å². The maximum Gasteiger partial charge on any atom is 0.342 e. The molecule has 0 saturated carbocycles. The average Bonchev–Trinajstić information content (AvgIpc) is 2.87. The first-order chi connectivity index (χ1) is 9.99. The number of halogens is 1. The zero-order chi connectivity index (χ0) is 15.4. The van der Waals surface area contributed by atoms with Crippen LogP contribution in [0.4, 0.5) is 5.69 Å². The predicted molar refractivity (Wildman–Crippen MR) is 76.2 cm³/mol. The first kappa shape index (κ1) is 15.1. The quantitative estimate of drug-likeness (QED) is 0.694. The Hall–Kier alpha value is -2.34. The number of nitrogens with zero attached hydrogens (tertiary/aromatic N) is 1. The minimum atomic E-state index is -0.983. The van der Waals surface area contributed by atoms with Gasteiger partial charge >= 0.3 is 5.97 Å². The van der Waals surface area contributed by atoms with Gasteiger partial charge in [0.15, 0.2) is 11.3 Å². The Kier molecular flexibility index (Phi) is 4.59. The largest absolute Gasteiger partial charge is 0.469 e. The van der Waals surface area contributed by atoms with Gasteiger partial charge in [-0.05, 0) is 32.0 Å². The van der Waals surface area contributed by atoms with Gasteiger partial charge in [-0.15, -0.1) is 0 Å². The molecule has 110 valence electrons. The van der Waals surface area contributed by atoms with Crippen LogP contribution in [0.5, 0.6) is 0 Å². The van der Waals surface area contributed by atoms with Crippen molar-refractivity contribution in [1.29, 1.82) is 0 Å². The van der Waals surface area contributed by atoms with Crippen LogP contribution in [-0.4, -0.2) is 23.0 Å². The molecule has 21 heavy (non-hydrogen) atoms. The molecule has 0 saturated heterocycles. The first-order valence-electron chi connectivity index (χ1n) is 6.15. The summed E-state index contributed by atoms with van der Waals surface area (Å²) in [5.74, 6) is -0.691. The highest BCUT2D eigenvalue weighted by Crippen LogP contribution is 2.18. The molecular formula is C14H13ClN2O4. The van der Waals surface area contributed by atoms with Crippen LogP contribution in [0.15, 0.2) is 35.1 Å². The maximum absolute atomic E-state index is 12.0. The minimum Gasteiger partial charge on any atom is -0.469 e. The number of carbonyl (C=O) groups is 2. The summed E-state index contributed by atoms with van der Waals surface area (Å²) in [4.78, 5) is 27.7. The number of carbonyl (C=O) groups excluding carboxylic acids is 2. The molecule has 0 fully saturated rings. The van der Waals surface area contributed by atoms with Gasteiger partial charge in [0.25, 0.3) is 5.91 Å². The lowest BCUT2D eigenvalue weighted by atomic mass is 10.2. The molecule has 0 spiro atoms. The molecule has 0 bridgehead atoms. The molecule has 0 aliphatic carbocycles. The fourth-order valence-corrected chi connectivity index (χ4v) is 1.75. The van der Waals surface area contributed by atoms with Crippen molar-refractivity contribution in [3.05, 3.63) is 47.1 Å². The Bertz CT molecular complexity index is 668. The van der Waals surface area contributed by atoms with Crippen molar-refractivity contribution in [2.45, 2.75) is 20.0 Å². The first-order valence-corrected chi connectivity index (χ1v) is 6.53. The average molecular weight is 309 g/mol. The summed E-state index contributed by atoms with van der Waals surface area (Å²) in [6.07, 6.45) is 1.90. The van der Waals surface area contributed by atoms with Crippen molar-refractivity contribution in [2.75, 3.05) is 5.32 Å². The van der Waals surface area contributed by atoms with Gasteiger partial charge in [-0.3, -0.25) is 4.79 Å². The molecular weight excluding hydrogens is 296 g/mol. The van der Waals surface area contributed by atoms with Gasteiger partial charge in [0, 0.05) is 6.20 Å². The van der Waals surface area contributed by atoms with Crippen LogP contribution < -0.4 is 5.32 Å². The van der Waals surface area contributed by atoms with Crippen molar-refractivity contribution in [1.82, 2.24) is 4.98 Å². The third-order valence-electron chi connectivity index (χ3n) is 2.75. The Balaban J connectivity index is 1.99. The number of anilines is 1. The van der Waals surface area contributed by atoms with E-state index in [1.807, 2.05) is 0 Å². The Morgan fingerprint density at radius 3 is 2.81 bits per heavy atom. The monoisotopic (exact) mass is 308 g/mol. The highest BCUT2D eigenvalue weighted by atomic mass is 35.5. The standard InChI is InChI=1S/C14H13ClN2O4/c1-8-10(5-7-20-8)14(19)21-9(2)13(18)17-11-4-3-6-16-12(11)15/h3-7,9H,1-2H3,(H,17,18)/t9-/m1/s1. The number of pyridine rings is 1. The van der Waals surface area contributed by atoms with Crippen molar-refractivity contribution >= 4 is 29.2 Å². The molecule has 6 nitrogen and oxygen atoms in total. The van der Waals surface area contributed by atoms with Crippen molar-refractivity contribution in [3.63, 3.8) is 0 Å². The summed E-state index contributed by atoms with van der Waals surface area (Å²) >= 11 is 5.83. The van der Waals surface area contributed by atoms with Crippen LogP contribution in [0.1, 0.15) is 23.0 Å². The number of ether oxygens (including phenoxy) is 1. The number of rotatable bonds is 4. The van der Waals surface area contributed by atoms with E-state index in [1.54, 1.807) is 19.1 Å².